The van der Waals surface area contributed by atoms with Gasteiger partial charge in [-0.25, -0.2) is 9.97 Å². The van der Waals surface area contributed by atoms with E-state index in [9.17, 15) is 4.79 Å². The number of rotatable bonds is 4. The minimum atomic E-state index is -0.122. The summed E-state index contributed by atoms with van der Waals surface area (Å²) in [7, 11) is 0. The molecule has 5 nitrogen and oxygen atoms in total. The van der Waals surface area contributed by atoms with Crippen LogP contribution in [0.25, 0.3) is 0 Å². The number of pyridine rings is 2. The number of nitrogens with one attached hydrogen (secondary N) is 1. The molecule has 2 aromatic carbocycles. The maximum Gasteiger partial charge on any atom is 0.229 e. The van der Waals surface area contributed by atoms with Gasteiger partial charge >= 0.3 is 0 Å². The zero-order valence-electron chi connectivity index (χ0n) is 17.9. The lowest BCUT2D eigenvalue weighted by Crippen LogP contribution is -2.23. The van der Waals surface area contributed by atoms with Crippen molar-refractivity contribution in [3.8, 4) is 11.8 Å². The fraction of sp³-hybridized carbons (Fsp3) is 0.0741. The summed E-state index contributed by atoms with van der Waals surface area (Å²) in [4.78, 5) is 22.7. The Bertz CT molecular complexity index is 1290. The highest BCUT2D eigenvalue weighted by Crippen LogP contribution is 2.25. The SMILES string of the molecule is CC(=O)N(c1ccccc1)c1cc(C#Cc2nccc(C)c2Nc2ccccc2)ccn1. The van der Waals surface area contributed by atoms with Crippen LogP contribution in [-0.2, 0) is 4.79 Å². The third-order valence-electron chi connectivity index (χ3n) is 4.83. The highest BCUT2D eigenvalue weighted by molar-refractivity contribution is 5.98. The molecule has 0 aliphatic rings. The van der Waals surface area contributed by atoms with Gasteiger partial charge in [-0.15, -0.1) is 0 Å². The fourth-order valence-electron chi connectivity index (χ4n) is 3.28. The molecule has 0 saturated carbocycles. The van der Waals surface area contributed by atoms with Gasteiger partial charge in [-0.2, -0.15) is 0 Å². The molecule has 0 spiro atoms. The second-order valence-electron chi connectivity index (χ2n) is 7.19. The highest BCUT2D eigenvalue weighted by atomic mass is 16.2. The van der Waals surface area contributed by atoms with Crippen LogP contribution in [0.15, 0.2) is 91.3 Å². The number of anilines is 4. The summed E-state index contributed by atoms with van der Waals surface area (Å²) >= 11 is 0. The number of hydrogen-bond acceptors (Lipinski definition) is 4. The molecule has 0 bridgehead atoms. The fourth-order valence-corrected chi connectivity index (χ4v) is 3.28. The Labute approximate surface area is 187 Å². The van der Waals surface area contributed by atoms with Crippen LogP contribution in [0.2, 0.25) is 0 Å². The standard InChI is InChI=1S/C27H22N4O/c1-20-15-17-28-25(27(20)30-23-9-5-3-6-10-23)14-13-22-16-18-29-26(19-22)31(21(2)32)24-11-7-4-8-12-24/h3-12,15-19,30H,1-2H3. The molecule has 0 fully saturated rings. The van der Waals surface area contributed by atoms with E-state index in [0.717, 1.165) is 28.2 Å². The molecule has 1 amide bonds. The molecule has 156 valence electrons. The quantitative estimate of drug-likeness (QED) is 0.438. The normalized spacial score (nSPS) is 10.1. The molecule has 2 aromatic heterocycles. The third-order valence-corrected chi connectivity index (χ3v) is 4.83. The summed E-state index contributed by atoms with van der Waals surface area (Å²) < 4.78 is 0. The molecule has 0 radical (unpaired) electrons. The number of nitrogens with zero attached hydrogens (tertiary/aromatic N) is 3. The Balaban J connectivity index is 1.67. The van der Waals surface area contributed by atoms with E-state index in [2.05, 4.69) is 27.1 Å². The smallest absolute Gasteiger partial charge is 0.229 e. The Morgan fingerprint density at radius 3 is 2.28 bits per heavy atom. The Morgan fingerprint density at radius 1 is 0.875 bits per heavy atom. The highest BCUT2D eigenvalue weighted by Gasteiger charge is 2.15. The van der Waals surface area contributed by atoms with Gasteiger partial charge in [0.1, 0.15) is 11.5 Å². The molecule has 0 aliphatic carbocycles. The number of carbonyl (C=O) groups excluding carboxylic acids is 1. The molecule has 0 saturated heterocycles. The van der Waals surface area contributed by atoms with Crippen LogP contribution >= 0.6 is 0 Å². The van der Waals surface area contributed by atoms with Gasteiger partial charge in [-0.05, 0) is 60.9 Å². The van der Waals surface area contributed by atoms with Crippen molar-refractivity contribution >= 4 is 28.8 Å². The van der Waals surface area contributed by atoms with Crippen molar-refractivity contribution in [1.29, 1.82) is 0 Å². The summed E-state index contributed by atoms with van der Waals surface area (Å²) in [6, 6.07) is 24.9. The zero-order chi connectivity index (χ0) is 22.3. The van der Waals surface area contributed by atoms with Crippen molar-refractivity contribution in [3.05, 3.63) is 108 Å². The number of aromatic nitrogens is 2. The maximum absolute atomic E-state index is 12.3. The molecular weight excluding hydrogens is 396 g/mol. The van der Waals surface area contributed by atoms with Crippen LogP contribution in [-0.4, -0.2) is 15.9 Å². The van der Waals surface area contributed by atoms with E-state index in [1.165, 1.54) is 6.92 Å². The molecule has 4 rings (SSSR count). The number of hydrogen-bond donors (Lipinski definition) is 1. The van der Waals surface area contributed by atoms with E-state index < -0.39 is 0 Å². The topological polar surface area (TPSA) is 58.1 Å². The van der Waals surface area contributed by atoms with Crippen LogP contribution in [0.1, 0.15) is 23.7 Å². The van der Waals surface area contributed by atoms with E-state index in [1.54, 1.807) is 17.3 Å². The third kappa shape index (κ3) is 4.82. The van der Waals surface area contributed by atoms with Gasteiger partial charge in [0.05, 0.1) is 11.4 Å². The van der Waals surface area contributed by atoms with Crippen molar-refractivity contribution in [3.63, 3.8) is 0 Å². The first-order chi connectivity index (χ1) is 15.6. The first kappa shape index (κ1) is 20.8. The number of benzene rings is 2. The van der Waals surface area contributed by atoms with Crippen molar-refractivity contribution in [2.75, 3.05) is 10.2 Å². The molecule has 0 atom stereocenters. The average molecular weight is 419 g/mol. The number of aryl methyl sites for hydroxylation is 1. The van der Waals surface area contributed by atoms with Gasteiger partial charge < -0.3 is 5.32 Å². The van der Waals surface area contributed by atoms with Crippen LogP contribution < -0.4 is 10.2 Å². The first-order valence-electron chi connectivity index (χ1n) is 10.2. The molecule has 2 heterocycles. The second-order valence-corrected chi connectivity index (χ2v) is 7.19. The number of carbonyl (C=O) groups is 1. The van der Waals surface area contributed by atoms with Crippen molar-refractivity contribution in [2.45, 2.75) is 13.8 Å². The second kappa shape index (κ2) is 9.59. The summed E-state index contributed by atoms with van der Waals surface area (Å²) in [6.45, 7) is 3.54. The first-order valence-corrected chi connectivity index (χ1v) is 10.2. The number of para-hydroxylation sites is 2. The Kier molecular flexibility index (Phi) is 6.24. The minimum absolute atomic E-state index is 0.122. The zero-order valence-corrected chi connectivity index (χ0v) is 17.9. The lowest BCUT2D eigenvalue weighted by molar-refractivity contribution is -0.115. The molecule has 0 unspecified atom stereocenters. The van der Waals surface area contributed by atoms with Gasteiger partial charge in [0.25, 0.3) is 0 Å². The molecule has 0 aliphatic heterocycles. The van der Waals surface area contributed by atoms with Gasteiger partial charge in [-0.3, -0.25) is 9.69 Å². The van der Waals surface area contributed by atoms with E-state index in [-0.39, 0.29) is 5.91 Å². The summed E-state index contributed by atoms with van der Waals surface area (Å²) in [5.74, 6) is 6.74. The average Bonchev–Trinajstić information content (AvgIpc) is 2.81. The van der Waals surface area contributed by atoms with Crippen LogP contribution in [0, 0.1) is 18.8 Å². The summed E-state index contributed by atoms with van der Waals surface area (Å²) in [5, 5.41) is 3.41. The molecule has 5 heteroatoms. The van der Waals surface area contributed by atoms with Gasteiger partial charge in [0.2, 0.25) is 5.91 Å². The van der Waals surface area contributed by atoms with Crippen LogP contribution in [0.3, 0.4) is 0 Å². The van der Waals surface area contributed by atoms with Crippen molar-refractivity contribution in [2.24, 2.45) is 0 Å². The maximum atomic E-state index is 12.3. The van der Waals surface area contributed by atoms with Crippen molar-refractivity contribution < 1.29 is 4.79 Å². The Morgan fingerprint density at radius 2 is 1.56 bits per heavy atom. The van der Waals surface area contributed by atoms with Gasteiger partial charge in [0.15, 0.2) is 0 Å². The summed E-state index contributed by atoms with van der Waals surface area (Å²) in [5.41, 5.74) is 5.04. The van der Waals surface area contributed by atoms with E-state index in [1.807, 2.05) is 85.8 Å². The molecule has 1 N–H and O–H groups in total. The molecule has 4 aromatic rings. The van der Waals surface area contributed by atoms with Crippen LogP contribution in [0.4, 0.5) is 22.9 Å². The largest absolute Gasteiger partial charge is 0.353 e. The molecular formula is C27H22N4O. The van der Waals surface area contributed by atoms with E-state index in [4.69, 9.17) is 0 Å². The summed E-state index contributed by atoms with van der Waals surface area (Å²) in [6.07, 6.45) is 3.41. The van der Waals surface area contributed by atoms with Crippen LogP contribution in [0.5, 0.6) is 0 Å². The van der Waals surface area contributed by atoms with Crippen molar-refractivity contribution in [1.82, 2.24) is 9.97 Å². The predicted molar refractivity (Wildman–Crippen MR) is 128 cm³/mol. The Hall–Kier alpha value is -4.43. The molecule has 32 heavy (non-hydrogen) atoms. The van der Waals surface area contributed by atoms with E-state index >= 15 is 0 Å². The lowest BCUT2D eigenvalue weighted by Gasteiger charge is -2.20. The van der Waals surface area contributed by atoms with E-state index in [0.29, 0.717) is 11.5 Å². The monoisotopic (exact) mass is 418 g/mol. The number of amides is 1. The lowest BCUT2D eigenvalue weighted by atomic mass is 10.1. The minimum Gasteiger partial charge on any atom is -0.353 e. The predicted octanol–water partition coefficient (Wildman–Crippen LogP) is 5.61. The van der Waals surface area contributed by atoms with Gasteiger partial charge in [-0.1, -0.05) is 42.3 Å². The van der Waals surface area contributed by atoms with Gasteiger partial charge in [0, 0.05) is 30.6 Å².